The minimum Gasteiger partial charge on any atom is -0.339 e. The second kappa shape index (κ2) is 6.18. The van der Waals surface area contributed by atoms with Gasteiger partial charge in [-0.15, -0.1) is 0 Å². The van der Waals surface area contributed by atoms with Crippen molar-refractivity contribution in [3.05, 3.63) is 18.0 Å². The van der Waals surface area contributed by atoms with Gasteiger partial charge >= 0.3 is 0 Å². The molecule has 2 aliphatic heterocycles. The first-order chi connectivity index (χ1) is 9.36. The van der Waals surface area contributed by atoms with E-state index in [9.17, 15) is 0 Å². The van der Waals surface area contributed by atoms with E-state index >= 15 is 0 Å². The molecule has 3 rings (SSSR count). The molecule has 0 aromatic carbocycles. The Morgan fingerprint density at radius 2 is 1.84 bits per heavy atom. The Kier molecular flexibility index (Phi) is 4.33. The molecular weight excluding hydrogens is 304 g/mol. The van der Waals surface area contributed by atoms with Crippen LogP contribution in [0.2, 0.25) is 0 Å². The van der Waals surface area contributed by atoms with Gasteiger partial charge in [-0.25, -0.2) is 9.97 Å². The normalized spacial score (nSPS) is 24.9. The fourth-order valence-corrected chi connectivity index (χ4v) is 3.37. The Morgan fingerprint density at radius 3 is 2.53 bits per heavy atom. The highest BCUT2D eigenvalue weighted by molar-refractivity contribution is 9.08. The topological polar surface area (TPSA) is 32.3 Å². The number of halogens is 1. The van der Waals surface area contributed by atoms with Crippen LogP contribution in [-0.4, -0.2) is 47.1 Å². The van der Waals surface area contributed by atoms with Gasteiger partial charge in [0.25, 0.3) is 0 Å². The molecule has 0 amide bonds. The van der Waals surface area contributed by atoms with Gasteiger partial charge in [0.05, 0.1) is 0 Å². The van der Waals surface area contributed by atoms with Crippen molar-refractivity contribution in [2.75, 3.05) is 31.1 Å². The van der Waals surface area contributed by atoms with E-state index in [1.54, 1.807) is 0 Å². The van der Waals surface area contributed by atoms with Crippen molar-refractivity contribution >= 4 is 21.9 Å². The highest BCUT2D eigenvalue weighted by Gasteiger charge is 2.29. The minimum atomic E-state index is 0.708. The number of hydrogen-bond acceptors (Lipinski definition) is 4. The summed E-state index contributed by atoms with van der Waals surface area (Å²) in [5.41, 5.74) is 1.13. The molecular formula is C14H21BrN4. The van der Waals surface area contributed by atoms with Crippen molar-refractivity contribution in [2.45, 2.75) is 37.1 Å². The number of anilines is 1. The van der Waals surface area contributed by atoms with Crippen molar-refractivity contribution in [1.82, 2.24) is 14.9 Å². The van der Waals surface area contributed by atoms with Crippen LogP contribution in [-0.2, 0) is 5.33 Å². The average Bonchev–Trinajstić information content (AvgIpc) is 2.98. The summed E-state index contributed by atoms with van der Waals surface area (Å²) in [5, 5.41) is 0.823. The molecule has 1 aromatic heterocycles. The van der Waals surface area contributed by atoms with Gasteiger partial charge in [-0.05, 0) is 37.9 Å². The van der Waals surface area contributed by atoms with Crippen LogP contribution in [0.4, 0.5) is 5.95 Å². The van der Waals surface area contributed by atoms with Crippen LogP contribution in [0, 0.1) is 0 Å². The lowest BCUT2D eigenvalue weighted by molar-refractivity contribution is 0.174. The monoisotopic (exact) mass is 324 g/mol. The lowest BCUT2D eigenvalue weighted by atomic mass is 10.1. The quantitative estimate of drug-likeness (QED) is 0.799. The third-order valence-corrected chi connectivity index (χ3v) is 4.85. The van der Waals surface area contributed by atoms with Crippen LogP contribution in [0.3, 0.4) is 0 Å². The van der Waals surface area contributed by atoms with Crippen molar-refractivity contribution in [3.63, 3.8) is 0 Å². The molecule has 0 spiro atoms. The van der Waals surface area contributed by atoms with Gasteiger partial charge in [-0.1, -0.05) is 22.4 Å². The molecule has 19 heavy (non-hydrogen) atoms. The standard InChI is InChI=1S/C14H21BrN4/c15-8-12-9-16-14(17-10-12)19-7-4-13(11-19)18-5-2-1-3-6-18/h9-10,13H,1-8,11H2. The summed E-state index contributed by atoms with van der Waals surface area (Å²) in [6.07, 6.45) is 9.24. The lowest BCUT2D eigenvalue weighted by Gasteiger charge is -2.32. The first-order valence-corrected chi connectivity index (χ1v) is 8.35. The number of hydrogen-bond donors (Lipinski definition) is 0. The first kappa shape index (κ1) is 13.3. The van der Waals surface area contributed by atoms with Gasteiger partial charge in [0.2, 0.25) is 5.95 Å². The second-order valence-electron chi connectivity index (χ2n) is 5.51. The summed E-state index contributed by atoms with van der Waals surface area (Å²) in [6, 6.07) is 0.708. The zero-order chi connectivity index (χ0) is 13.1. The molecule has 4 nitrogen and oxygen atoms in total. The fraction of sp³-hybridized carbons (Fsp3) is 0.714. The molecule has 2 saturated heterocycles. The van der Waals surface area contributed by atoms with Crippen molar-refractivity contribution in [1.29, 1.82) is 0 Å². The smallest absolute Gasteiger partial charge is 0.225 e. The van der Waals surface area contributed by atoms with E-state index in [0.717, 1.165) is 29.9 Å². The van der Waals surface area contributed by atoms with Gasteiger partial charge in [0.1, 0.15) is 0 Å². The largest absolute Gasteiger partial charge is 0.339 e. The Balaban J connectivity index is 1.61. The van der Waals surface area contributed by atoms with Gasteiger partial charge in [0, 0.05) is 36.9 Å². The number of nitrogens with zero attached hydrogens (tertiary/aromatic N) is 4. The molecule has 5 heteroatoms. The van der Waals surface area contributed by atoms with Crippen LogP contribution < -0.4 is 4.90 Å². The van der Waals surface area contributed by atoms with E-state index in [1.165, 1.54) is 38.8 Å². The highest BCUT2D eigenvalue weighted by atomic mass is 79.9. The molecule has 0 bridgehead atoms. The maximum atomic E-state index is 4.48. The molecule has 1 atom stereocenters. The Hall–Kier alpha value is -0.680. The van der Waals surface area contributed by atoms with Crippen LogP contribution >= 0.6 is 15.9 Å². The summed E-state index contributed by atoms with van der Waals surface area (Å²) in [7, 11) is 0. The third-order valence-electron chi connectivity index (χ3n) is 4.20. The van der Waals surface area contributed by atoms with Crippen LogP contribution in [0.1, 0.15) is 31.2 Å². The zero-order valence-electron chi connectivity index (χ0n) is 11.3. The summed E-state index contributed by atoms with van der Waals surface area (Å²) < 4.78 is 0. The molecule has 0 saturated carbocycles. The second-order valence-corrected chi connectivity index (χ2v) is 6.07. The van der Waals surface area contributed by atoms with E-state index in [4.69, 9.17) is 0 Å². The van der Waals surface area contributed by atoms with E-state index in [2.05, 4.69) is 35.7 Å². The predicted octanol–water partition coefficient (Wildman–Crippen LogP) is 2.44. The molecule has 2 fully saturated rings. The fourth-order valence-electron chi connectivity index (χ4n) is 3.09. The number of aromatic nitrogens is 2. The van der Waals surface area contributed by atoms with Crippen LogP contribution in [0.25, 0.3) is 0 Å². The summed E-state index contributed by atoms with van der Waals surface area (Å²) in [5.74, 6) is 0.893. The summed E-state index contributed by atoms with van der Waals surface area (Å²) in [4.78, 5) is 13.9. The highest BCUT2D eigenvalue weighted by Crippen LogP contribution is 2.22. The Morgan fingerprint density at radius 1 is 1.11 bits per heavy atom. The Bertz CT molecular complexity index is 402. The molecule has 3 heterocycles. The van der Waals surface area contributed by atoms with E-state index in [-0.39, 0.29) is 0 Å². The third kappa shape index (κ3) is 3.08. The number of likely N-dealkylation sites (tertiary alicyclic amines) is 1. The number of alkyl halides is 1. The maximum absolute atomic E-state index is 4.48. The molecule has 0 aliphatic carbocycles. The first-order valence-electron chi connectivity index (χ1n) is 7.22. The number of piperidine rings is 1. The van der Waals surface area contributed by atoms with Crippen LogP contribution in [0.15, 0.2) is 12.4 Å². The van der Waals surface area contributed by atoms with Crippen molar-refractivity contribution in [3.8, 4) is 0 Å². The molecule has 2 aliphatic rings. The van der Waals surface area contributed by atoms with Gasteiger partial charge in [-0.3, -0.25) is 4.90 Å². The molecule has 104 valence electrons. The molecule has 0 radical (unpaired) electrons. The minimum absolute atomic E-state index is 0.708. The number of rotatable bonds is 3. The van der Waals surface area contributed by atoms with E-state index in [1.807, 2.05) is 12.4 Å². The van der Waals surface area contributed by atoms with Gasteiger partial charge in [-0.2, -0.15) is 0 Å². The lowest BCUT2D eigenvalue weighted by Crippen LogP contribution is -2.41. The average molecular weight is 325 g/mol. The zero-order valence-corrected chi connectivity index (χ0v) is 12.8. The maximum Gasteiger partial charge on any atom is 0.225 e. The van der Waals surface area contributed by atoms with Gasteiger partial charge < -0.3 is 4.90 Å². The SMILES string of the molecule is BrCc1cnc(N2CCC(N3CCCCC3)C2)nc1. The molecule has 1 aromatic rings. The van der Waals surface area contributed by atoms with E-state index in [0.29, 0.717) is 6.04 Å². The molecule has 0 N–H and O–H groups in total. The van der Waals surface area contributed by atoms with Gasteiger partial charge in [0.15, 0.2) is 0 Å². The van der Waals surface area contributed by atoms with Crippen LogP contribution in [0.5, 0.6) is 0 Å². The Labute approximate surface area is 123 Å². The van der Waals surface area contributed by atoms with E-state index < -0.39 is 0 Å². The summed E-state index contributed by atoms with van der Waals surface area (Å²) in [6.45, 7) is 4.74. The van der Waals surface area contributed by atoms with Crippen molar-refractivity contribution < 1.29 is 0 Å². The molecule has 1 unspecified atom stereocenters. The van der Waals surface area contributed by atoms with Crippen molar-refractivity contribution in [2.24, 2.45) is 0 Å². The predicted molar refractivity (Wildman–Crippen MR) is 80.7 cm³/mol. The summed E-state index contributed by atoms with van der Waals surface area (Å²) >= 11 is 3.43.